The summed E-state index contributed by atoms with van der Waals surface area (Å²) in [6, 6.07) is 12.5. The van der Waals surface area contributed by atoms with Gasteiger partial charge in [-0.3, -0.25) is 9.69 Å². The zero-order valence-electron chi connectivity index (χ0n) is 14.8. The molecule has 0 aliphatic carbocycles. The minimum Gasteiger partial charge on any atom is -0.350 e. The Morgan fingerprint density at radius 1 is 1.19 bits per heavy atom. The van der Waals surface area contributed by atoms with E-state index in [4.69, 9.17) is 0 Å². The van der Waals surface area contributed by atoms with Crippen LogP contribution in [0.2, 0.25) is 0 Å². The molecular formula is C21H22FN3O. The number of benzene rings is 2. The second kappa shape index (κ2) is 6.92. The third kappa shape index (κ3) is 3.35. The molecular weight excluding hydrogens is 329 g/mol. The Labute approximate surface area is 152 Å². The predicted octanol–water partition coefficient (Wildman–Crippen LogP) is 4.46. The Bertz CT molecular complexity index is 957. The smallest absolute Gasteiger partial charge is 0.272 e. The number of hydrogen-bond donors (Lipinski definition) is 2. The average Bonchev–Trinajstić information content (AvgIpc) is 3.24. The summed E-state index contributed by atoms with van der Waals surface area (Å²) in [6.45, 7) is 5.02. The van der Waals surface area contributed by atoms with Crippen LogP contribution in [0.3, 0.4) is 0 Å². The minimum absolute atomic E-state index is 0.211. The third-order valence-electron chi connectivity index (χ3n) is 5.04. The summed E-state index contributed by atoms with van der Waals surface area (Å²) < 4.78 is 13.5. The molecule has 134 valence electrons. The van der Waals surface area contributed by atoms with E-state index in [0.29, 0.717) is 5.69 Å². The van der Waals surface area contributed by atoms with E-state index in [2.05, 4.69) is 21.3 Å². The van der Waals surface area contributed by atoms with Crippen LogP contribution in [0.1, 0.15) is 34.5 Å². The fourth-order valence-corrected chi connectivity index (χ4v) is 3.67. The quantitative estimate of drug-likeness (QED) is 0.729. The molecule has 0 spiro atoms. The molecule has 1 saturated heterocycles. The molecule has 1 aliphatic heterocycles. The number of aromatic amines is 1. The van der Waals surface area contributed by atoms with Gasteiger partial charge < -0.3 is 10.3 Å². The van der Waals surface area contributed by atoms with Crippen LogP contribution in [0.5, 0.6) is 0 Å². The summed E-state index contributed by atoms with van der Waals surface area (Å²) in [5.41, 5.74) is 3.95. The molecule has 1 aliphatic rings. The monoisotopic (exact) mass is 351 g/mol. The molecule has 0 radical (unpaired) electrons. The average molecular weight is 351 g/mol. The molecule has 2 N–H and O–H groups in total. The first-order valence-corrected chi connectivity index (χ1v) is 9.00. The van der Waals surface area contributed by atoms with E-state index in [9.17, 15) is 9.18 Å². The van der Waals surface area contributed by atoms with Crippen LogP contribution in [-0.4, -0.2) is 28.9 Å². The fourth-order valence-electron chi connectivity index (χ4n) is 3.67. The lowest BCUT2D eigenvalue weighted by molar-refractivity contribution is 0.102. The number of rotatable bonds is 4. The number of nitrogens with zero attached hydrogens (tertiary/aromatic N) is 1. The van der Waals surface area contributed by atoms with Gasteiger partial charge in [0.1, 0.15) is 11.5 Å². The Morgan fingerprint density at radius 3 is 2.81 bits per heavy atom. The summed E-state index contributed by atoms with van der Waals surface area (Å²) in [5, 5.41) is 3.69. The number of carbonyl (C=O) groups excluding carboxylic acids is 1. The lowest BCUT2D eigenvalue weighted by atomic mass is 10.1. The highest BCUT2D eigenvalue weighted by Gasteiger charge is 2.16. The summed E-state index contributed by atoms with van der Waals surface area (Å²) >= 11 is 0. The summed E-state index contributed by atoms with van der Waals surface area (Å²) in [4.78, 5) is 18.2. The number of carbonyl (C=O) groups is 1. The number of H-pyrrole nitrogens is 1. The van der Waals surface area contributed by atoms with Crippen molar-refractivity contribution in [2.24, 2.45) is 0 Å². The van der Waals surface area contributed by atoms with Gasteiger partial charge in [0.25, 0.3) is 5.91 Å². The van der Waals surface area contributed by atoms with Crippen LogP contribution in [0.4, 0.5) is 10.1 Å². The molecule has 4 nitrogen and oxygen atoms in total. The first-order chi connectivity index (χ1) is 12.6. The van der Waals surface area contributed by atoms with Gasteiger partial charge in [-0.1, -0.05) is 12.1 Å². The zero-order chi connectivity index (χ0) is 18.1. The topological polar surface area (TPSA) is 48.1 Å². The van der Waals surface area contributed by atoms with Gasteiger partial charge in [0.15, 0.2) is 0 Å². The molecule has 1 aromatic heterocycles. The van der Waals surface area contributed by atoms with Gasteiger partial charge in [-0.05, 0) is 74.3 Å². The number of halogens is 1. The van der Waals surface area contributed by atoms with Gasteiger partial charge in [0.2, 0.25) is 0 Å². The number of likely N-dealkylation sites (tertiary alicyclic amines) is 1. The van der Waals surface area contributed by atoms with Crippen LogP contribution in [-0.2, 0) is 6.54 Å². The highest BCUT2D eigenvalue weighted by atomic mass is 19.1. The molecule has 0 atom stereocenters. The number of aryl methyl sites for hydroxylation is 1. The summed E-state index contributed by atoms with van der Waals surface area (Å²) in [5.74, 6) is -0.515. The van der Waals surface area contributed by atoms with Crippen LogP contribution in [0.25, 0.3) is 10.9 Å². The summed E-state index contributed by atoms with van der Waals surface area (Å²) in [6.07, 6.45) is 2.52. The minimum atomic E-state index is -0.304. The van der Waals surface area contributed by atoms with Gasteiger partial charge in [-0.25, -0.2) is 4.39 Å². The number of hydrogen-bond acceptors (Lipinski definition) is 2. The molecule has 3 aromatic rings. The molecule has 0 bridgehead atoms. The lowest BCUT2D eigenvalue weighted by Crippen LogP contribution is -2.18. The van der Waals surface area contributed by atoms with E-state index in [1.807, 2.05) is 25.1 Å². The summed E-state index contributed by atoms with van der Waals surface area (Å²) in [7, 11) is 0. The Morgan fingerprint density at radius 2 is 2.00 bits per heavy atom. The number of fused-ring (bicyclic) bond motifs is 1. The van der Waals surface area contributed by atoms with Gasteiger partial charge in [0, 0.05) is 23.1 Å². The maximum absolute atomic E-state index is 13.5. The van der Waals surface area contributed by atoms with Crippen molar-refractivity contribution in [1.82, 2.24) is 9.88 Å². The molecule has 2 aromatic carbocycles. The van der Waals surface area contributed by atoms with E-state index in [0.717, 1.165) is 41.8 Å². The maximum Gasteiger partial charge on any atom is 0.272 e. The van der Waals surface area contributed by atoms with Crippen molar-refractivity contribution in [2.75, 3.05) is 18.4 Å². The number of nitrogens with one attached hydrogen (secondary N) is 2. The van der Waals surface area contributed by atoms with E-state index in [-0.39, 0.29) is 11.7 Å². The Kier molecular flexibility index (Phi) is 4.47. The highest BCUT2D eigenvalue weighted by molar-refractivity contribution is 6.07. The van der Waals surface area contributed by atoms with Gasteiger partial charge in [-0.15, -0.1) is 0 Å². The Balaban J connectivity index is 1.53. The second-order valence-electron chi connectivity index (χ2n) is 6.95. The SMILES string of the molecule is Cc1c(C(=O)Nc2cccc(CN3CCCC3)c2)[nH]c2ccc(F)cc12. The van der Waals surface area contributed by atoms with Crippen molar-refractivity contribution >= 4 is 22.5 Å². The highest BCUT2D eigenvalue weighted by Crippen LogP contribution is 2.24. The molecule has 4 rings (SSSR count). The van der Waals surface area contributed by atoms with Crippen LogP contribution in [0, 0.1) is 12.7 Å². The first-order valence-electron chi connectivity index (χ1n) is 9.00. The van der Waals surface area contributed by atoms with Crippen molar-refractivity contribution in [3.05, 3.63) is 65.1 Å². The molecule has 2 heterocycles. The standard InChI is InChI=1S/C21H22FN3O/c1-14-18-12-16(22)7-8-19(18)24-20(14)21(26)23-17-6-4-5-15(11-17)13-25-9-2-3-10-25/h4-8,11-12,24H,2-3,9-10,13H2,1H3,(H,23,26). The normalized spacial score (nSPS) is 14.8. The zero-order valence-corrected chi connectivity index (χ0v) is 14.8. The van der Waals surface area contributed by atoms with Crippen molar-refractivity contribution in [3.8, 4) is 0 Å². The molecule has 1 fully saturated rings. The van der Waals surface area contributed by atoms with Crippen molar-refractivity contribution in [2.45, 2.75) is 26.3 Å². The Hall–Kier alpha value is -2.66. The molecule has 1 amide bonds. The van der Waals surface area contributed by atoms with Crippen molar-refractivity contribution < 1.29 is 9.18 Å². The number of aromatic nitrogens is 1. The predicted molar refractivity (Wildman–Crippen MR) is 102 cm³/mol. The number of anilines is 1. The lowest BCUT2D eigenvalue weighted by Gasteiger charge is -2.15. The van der Waals surface area contributed by atoms with Crippen LogP contribution >= 0.6 is 0 Å². The second-order valence-corrected chi connectivity index (χ2v) is 6.95. The van der Waals surface area contributed by atoms with Gasteiger partial charge in [0.05, 0.1) is 0 Å². The van der Waals surface area contributed by atoms with E-state index in [1.54, 1.807) is 6.07 Å². The third-order valence-corrected chi connectivity index (χ3v) is 5.04. The van der Waals surface area contributed by atoms with Crippen molar-refractivity contribution in [3.63, 3.8) is 0 Å². The molecule has 5 heteroatoms. The van der Waals surface area contributed by atoms with E-state index < -0.39 is 0 Å². The van der Waals surface area contributed by atoms with Crippen LogP contribution in [0.15, 0.2) is 42.5 Å². The fraction of sp³-hybridized carbons (Fsp3) is 0.286. The molecule has 26 heavy (non-hydrogen) atoms. The van der Waals surface area contributed by atoms with Crippen molar-refractivity contribution in [1.29, 1.82) is 0 Å². The van der Waals surface area contributed by atoms with Gasteiger partial charge in [-0.2, -0.15) is 0 Å². The van der Waals surface area contributed by atoms with Gasteiger partial charge >= 0.3 is 0 Å². The maximum atomic E-state index is 13.5. The van der Waals surface area contributed by atoms with E-state index >= 15 is 0 Å². The molecule has 0 unspecified atom stereocenters. The molecule has 0 saturated carbocycles. The number of amides is 1. The largest absolute Gasteiger partial charge is 0.350 e. The van der Waals surface area contributed by atoms with Crippen LogP contribution < -0.4 is 5.32 Å². The van der Waals surface area contributed by atoms with E-state index in [1.165, 1.54) is 30.5 Å². The first kappa shape index (κ1) is 16.8.